The van der Waals surface area contributed by atoms with Crippen molar-refractivity contribution in [3.63, 3.8) is 0 Å². The van der Waals surface area contributed by atoms with Gasteiger partial charge in [0.15, 0.2) is 0 Å². The molecule has 4 atom stereocenters. The molecule has 6 rings (SSSR count). The van der Waals surface area contributed by atoms with Gasteiger partial charge in [-0.3, -0.25) is 14.6 Å². The SMILES string of the molecule is CC(C)n1nc(-c2cncc(C(F)(F)F)c2)cc1C1[C@@H]2CC(N3C[C@H]4C[C@@H]3CO4)C[C@@H]12. The van der Waals surface area contributed by atoms with Gasteiger partial charge in [0.25, 0.3) is 0 Å². The second-order valence-electron chi connectivity index (χ2n) is 9.97. The number of pyridine rings is 1. The molecule has 5 nitrogen and oxygen atoms in total. The first kappa shape index (κ1) is 19.7. The summed E-state index contributed by atoms with van der Waals surface area (Å²) in [4.78, 5) is 6.49. The Hall–Kier alpha value is -1.93. The van der Waals surface area contributed by atoms with Crippen LogP contribution in [0.4, 0.5) is 13.2 Å². The highest BCUT2D eigenvalue weighted by molar-refractivity contribution is 5.60. The molecule has 2 saturated carbocycles. The minimum atomic E-state index is -4.41. The van der Waals surface area contributed by atoms with Crippen LogP contribution in [-0.4, -0.2) is 51.0 Å². The number of morpholine rings is 1. The molecular formula is C23H27F3N4O. The Bertz CT molecular complexity index is 991. The summed E-state index contributed by atoms with van der Waals surface area (Å²) in [7, 11) is 0. The number of nitrogens with zero attached hydrogens (tertiary/aromatic N) is 4. The van der Waals surface area contributed by atoms with E-state index in [9.17, 15) is 13.2 Å². The molecule has 0 amide bonds. The van der Waals surface area contributed by atoms with Gasteiger partial charge < -0.3 is 4.74 Å². The number of alkyl halides is 3. The van der Waals surface area contributed by atoms with Gasteiger partial charge in [0.1, 0.15) is 0 Å². The zero-order valence-electron chi connectivity index (χ0n) is 17.7. The molecule has 31 heavy (non-hydrogen) atoms. The van der Waals surface area contributed by atoms with E-state index >= 15 is 0 Å². The van der Waals surface area contributed by atoms with Crippen LogP contribution >= 0.6 is 0 Å². The predicted molar refractivity (Wildman–Crippen MR) is 108 cm³/mol. The molecule has 2 saturated heterocycles. The zero-order chi connectivity index (χ0) is 21.5. The van der Waals surface area contributed by atoms with Crippen molar-refractivity contribution in [3.8, 4) is 11.3 Å². The van der Waals surface area contributed by atoms with Gasteiger partial charge in [-0.05, 0) is 57.1 Å². The van der Waals surface area contributed by atoms with Crippen molar-refractivity contribution in [2.24, 2.45) is 11.8 Å². The second kappa shape index (κ2) is 6.78. The van der Waals surface area contributed by atoms with E-state index in [1.807, 2.05) is 10.7 Å². The third-order valence-corrected chi connectivity index (χ3v) is 7.79. The summed E-state index contributed by atoms with van der Waals surface area (Å²) in [6.07, 6.45) is 1.97. The van der Waals surface area contributed by atoms with Crippen molar-refractivity contribution in [1.82, 2.24) is 19.7 Å². The highest BCUT2D eigenvalue weighted by Crippen LogP contribution is 2.64. The summed E-state index contributed by atoms with van der Waals surface area (Å²) in [6, 6.07) is 4.57. The molecule has 4 aliphatic rings. The lowest BCUT2D eigenvalue weighted by Gasteiger charge is -2.33. The quantitative estimate of drug-likeness (QED) is 0.713. The summed E-state index contributed by atoms with van der Waals surface area (Å²) in [6.45, 7) is 6.11. The van der Waals surface area contributed by atoms with Gasteiger partial charge in [0, 0.05) is 54.2 Å². The summed E-state index contributed by atoms with van der Waals surface area (Å²) in [5, 5.41) is 4.70. The van der Waals surface area contributed by atoms with Crippen LogP contribution in [0.25, 0.3) is 11.3 Å². The first-order valence-corrected chi connectivity index (χ1v) is 11.3. The molecule has 4 fully saturated rings. The Kier molecular flexibility index (Phi) is 4.32. The first-order valence-electron chi connectivity index (χ1n) is 11.3. The fourth-order valence-electron chi connectivity index (χ4n) is 6.35. The minimum absolute atomic E-state index is 0.158. The Morgan fingerprint density at radius 1 is 1.06 bits per heavy atom. The van der Waals surface area contributed by atoms with Crippen LogP contribution in [0.5, 0.6) is 0 Å². The lowest BCUT2D eigenvalue weighted by molar-refractivity contribution is -0.137. The van der Waals surface area contributed by atoms with Crippen LogP contribution < -0.4 is 0 Å². The van der Waals surface area contributed by atoms with E-state index in [-0.39, 0.29) is 6.04 Å². The number of hydrogen-bond acceptors (Lipinski definition) is 4. The molecule has 0 aromatic carbocycles. The monoisotopic (exact) mass is 432 g/mol. The maximum Gasteiger partial charge on any atom is 0.417 e. The first-order chi connectivity index (χ1) is 14.8. The smallest absolute Gasteiger partial charge is 0.375 e. The van der Waals surface area contributed by atoms with Gasteiger partial charge in [0.2, 0.25) is 0 Å². The summed E-state index contributed by atoms with van der Waals surface area (Å²) < 4.78 is 47.2. The van der Waals surface area contributed by atoms with Crippen molar-refractivity contribution >= 4 is 0 Å². The third kappa shape index (κ3) is 3.21. The van der Waals surface area contributed by atoms with Gasteiger partial charge >= 0.3 is 6.18 Å². The van der Waals surface area contributed by atoms with Crippen molar-refractivity contribution in [2.75, 3.05) is 13.2 Å². The van der Waals surface area contributed by atoms with Gasteiger partial charge in [-0.15, -0.1) is 0 Å². The molecule has 2 aromatic heterocycles. The topological polar surface area (TPSA) is 43.2 Å². The van der Waals surface area contributed by atoms with Crippen molar-refractivity contribution in [3.05, 3.63) is 35.8 Å². The van der Waals surface area contributed by atoms with E-state index in [2.05, 4.69) is 23.7 Å². The van der Waals surface area contributed by atoms with Gasteiger partial charge in [-0.1, -0.05) is 0 Å². The van der Waals surface area contributed by atoms with E-state index in [0.717, 1.165) is 25.4 Å². The molecule has 2 aliphatic carbocycles. The van der Waals surface area contributed by atoms with Crippen LogP contribution in [0, 0.1) is 11.8 Å². The maximum absolute atomic E-state index is 13.1. The number of hydrogen-bond donors (Lipinski definition) is 0. The number of aromatic nitrogens is 3. The third-order valence-electron chi connectivity index (χ3n) is 7.79. The second-order valence-corrected chi connectivity index (χ2v) is 9.97. The number of ether oxygens (including phenoxy) is 1. The molecule has 2 aromatic rings. The molecule has 0 unspecified atom stereocenters. The van der Waals surface area contributed by atoms with E-state index in [4.69, 9.17) is 9.84 Å². The normalized spacial score (nSPS) is 32.9. The molecule has 0 N–H and O–H groups in total. The zero-order valence-corrected chi connectivity index (χ0v) is 17.7. The molecule has 2 aliphatic heterocycles. The van der Waals surface area contributed by atoms with Crippen LogP contribution in [0.2, 0.25) is 0 Å². The Morgan fingerprint density at radius 2 is 1.84 bits per heavy atom. The van der Waals surface area contributed by atoms with E-state index in [1.54, 1.807) is 0 Å². The highest BCUT2D eigenvalue weighted by atomic mass is 19.4. The molecule has 4 heterocycles. The summed E-state index contributed by atoms with van der Waals surface area (Å²) >= 11 is 0. The van der Waals surface area contributed by atoms with Crippen molar-refractivity contribution in [2.45, 2.75) is 69.4 Å². The highest BCUT2D eigenvalue weighted by Gasteiger charge is 2.60. The van der Waals surface area contributed by atoms with Crippen LogP contribution in [0.15, 0.2) is 24.5 Å². The predicted octanol–water partition coefficient (Wildman–Crippen LogP) is 4.51. The summed E-state index contributed by atoms with van der Waals surface area (Å²) in [5.41, 5.74) is 1.44. The van der Waals surface area contributed by atoms with Crippen LogP contribution in [-0.2, 0) is 10.9 Å². The van der Waals surface area contributed by atoms with Crippen LogP contribution in [0.1, 0.15) is 56.3 Å². The Balaban J connectivity index is 1.23. The van der Waals surface area contributed by atoms with E-state index in [1.165, 1.54) is 31.2 Å². The average Bonchev–Trinajstić information content (AvgIpc) is 3.31. The van der Waals surface area contributed by atoms with E-state index in [0.29, 0.717) is 47.2 Å². The van der Waals surface area contributed by atoms with E-state index < -0.39 is 11.7 Å². The molecule has 8 heteroatoms. The standard InChI is InChI=1S/C23H27F3N4O/c1-12(2)30-21(7-20(28-30)13-3-14(9-27-8-13)23(24,25)26)22-18-5-15(6-19(18)22)29-10-17-4-16(29)11-31-17/h3,7-9,12,15-19,22H,4-6,10-11H2,1-2H3/t15?,16-,17-,18-,19-,22?/m1/s1. The minimum Gasteiger partial charge on any atom is -0.375 e. The number of likely N-dealkylation sites (tertiary alicyclic amines) is 1. The Morgan fingerprint density at radius 3 is 2.45 bits per heavy atom. The van der Waals surface area contributed by atoms with Gasteiger partial charge in [0.05, 0.1) is 24.0 Å². The average molecular weight is 432 g/mol. The van der Waals surface area contributed by atoms with Gasteiger partial charge in [-0.25, -0.2) is 0 Å². The largest absolute Gasteiger partial charge is 0.417 e. The molecule has 2 bridgehead atoms. The lowest BCUT2D eigenvalue weighted by atomic mass is 10.0. The molecule has 166 valence electrons. The Labute approximate surface area is 179 Å². The summed E-state index contributed by atoms with van der Waals surface area (Å²) in [5.74, 6) is 1.79. The van der Waals surface area contributed by atoms with Gasteiger partial charge in [-0.2, -0.15) is 18.3 Å². The number of rotatable bonds is 4. The lowest BCUT2D eigenvalue weighted by Crippen LogP contribution is -2.43. The molecular weight excluding hydrogens is 405 g/mol. The fraction of sp³-hybridized carbons (Fsp3) is 0.652. The van der Waals surface area contributed by atoms with Crippen molar-refractivity contribution in [1.29, 1.82) is 0 Å². The van der Waals surface area contributed by atoms with Crippen LogP contribution in [0.3, 0.4) is 0 Å². The number of fused-ring (bicyclic) bond motifs is 3. The molecule has 0 radical (unpaired) electrons. The fourth-order valence-corrected chi connectivity index (χ4v) is 6.35. The number of halogens is 3. The molecule has 0 spiro atoms. The van der Waals surface area contributed by atoms with Crippen molar-refractivity contribution < 1.29 is 17.9 Å². The maximum atomic E-state index is 13.1.